The van der Waals surface area contributed by atoms with E-state index in [1.54, 1.807) is 18.2 Å². The summed E-state index contributed by atoms with van der Waals surface area (Å²) in [4.78, 5) is 4.31. The van der Waals surface area contributed by atoms with Gasteiger partial charge >= 0.3 is 0 Å². The summed E-state index contributed by atoms with van der Waals surface area (Å²) in [6.45, 7) is 3.73. The normalized spacial score (nSPS) is 11.1. The highest BCUT2D eigenvalue weighted by molar-refractivity contribution is 5.79. The van der Waals surface area contributed by atoms with Crippen molar-refractivity contribution in [2.24, 2.45) is 0 Å². The SMILES string of the molecule is Cc1cc(Cc2nc3c(O)cccc3o2)cc(C)c1O. The van der Waals surface area contributed by atoms with Gasteiger partial charge in [-0.05, 0) is 42.7 Å². The lowest BCUT2D eigenvalue weighted by molar-refractivity contribution is 0.466. The standard InChI is InChI=1S/C16H15NO3/c1-9-6-11(7-10(2)16(9)19)8-14-17-15-12(18)4-3-5-13(15)20-14/h3-7,18-19H,8H2,1-2H3. The molecule has 4 nitrogen and oxygen atoms in total. The van der Waals surface area contributed by atoms with Crippen molar-refractivity contribution in [2.45, 2.75) is 20.3 Å². The lowest BCUT2D eigenvalue weighted by atomic mass is 10.0. The van der Waals surface area contributed by atoms with Crippen LogP contribution in [0.2, 0.25) is 0 Å². The fourth-order valence-electron chi connectivity index (χ4n) is 2.38. The summed E-state index contributed by atoms with van der Waals surface area (Å²) < 4.78 is 5.63. The summed E-state index contributed by atoms with van der Waals surface area (Å²) in [6, 6.07) is 8.91. The zero-order valence-electron chi connectivity index (χ0n) is 11.3. The highest BCUT2D eigenvalue weighted by Crippen LogP contribution is 2.27. The molecule has 0 fully saturated rings. The van der Waals surface area contributed by atoms with Crippen molar-refractivity contribution in [3.05, 3.63) is 52.9 Å². The van der Waals surface area contributed by atoms with Gasteiger partial charge in [0.15, 0.2) is 17.0 Å². The summed E-state index contributed by atoms with van der Waals surface area (Å²) in [6.07, 6.45) is 0.524. The van der Waals surface area contributed by atoms with E-state index in [2.05, 4.69) is 4.98 Å². The molecule has 2 aromatic carbocycles. The molecule has 0 unspecified atom stereocenters. The first-order valence-corrected chi connectivity index (χ1v) is 6.41. The van der Waals surface area contributed by atoms with Gasteiger partial charge in [-0.15, -0.1) is 0 Å². The van der Waals surface area contributed by atoms with E-state index >= 15 is 0 Å². The Labute approximate surface area is 116 Å². The third-order valence-electron chi connectivity index (χ3n) is 3.35. The molecule has 0 amide bonds. The molecule has 3 aromatic rings. The van der Waals surface area contributed by atoms with Gasteiger partial charge in [0.2, 0.25) is 0 Å². The predicted molar refractivity (Wildman–Crippen MR) is 76.1 cm³/mol. The third kappa shape index (κ3) is 2.09. The zero-order valence-corrected chi connectivity index (χ0v) is 11.3. The molecule has 0 saturated heterocycles. The Morgan fingerprint density at radius 2 is 1.80 bits per heavy atom. The van der Waals surface area contributed by atoms with Gasteiger partial charge in [-0.25, -0.2) is 4.98 Å². The molecular formula is C16H15NO3. The number of aryl methyl sites for hydroxylation is 2. The summed E-state index contributed by atoms with van der Waals surface area (Å²) in [5.41, 5.74) is 3.74. The first kappa shape index (κ1) is 12.5. The van der Waals surface area contributed by atoms with Crippen LogP contribution in [0.1, 0.15) is 22.6 Å². The van der Waals surface area contributed by atoms with E-state index in [4.69, 9.17) is 4.42 Å². The number of aromatic hydroxyl groups is 2. The minimum Gasteiger partial charge on any atom is -0.507 e. The second kappa shape index (κ2) is 4.56. The van der Waals surface area contributed by atoms with Gasteiger partial charge in [-0.2, -0.15) is 0 Å². The van der Waals surface area contributed by atoms with Crippen LogP contribution in [0, 0.1) is 13.8 Å². The number of hydrogen-bond donors (Lipinski definition) is 2. The molecule has 4 heteroatoms. The molecule has 0 atom stereocenters. The largest absolute Gasteiger partial charge is 0.507 e. The number of nitrogens with zero attached hydrogens (tertiary/aromatic N) is 1. The quantitative estimate of drug-likeness (QED) is 0.747. The van der Waals surface area contributed by atoms with Gasteiger partial charge in [-0.3, -0.25) is 0 Å². The molecule has 1 aromatic heterocycles. The lowest BCUT2D eigenvalue weighted by Gasteiger charge is -2.06. The van der Waals surface area contributed by atoms with Gasteiger partial charge in [0.05, 0.1) is 0 Å². The van der Waals surface area contributed by atoms with Gasteiger partial charge in [0.25, 0.3) is 0 Å². The minimum atomic E-state index is 0.121. The van der Waals surface area contributed by atoms with Crippen LogP contribution in [0.5, 0.6) is 11.5 Å². The second-order valence-electron chi connectivity index (χ2n) is 4.99. The van der Waals surface area contributed by atoms with E-state index in [-0.39, 0.29) is 5.75 Å². The zero-order chi connectivity index (χ0) is 14.3. The van der Waals surface area contributed by atoms with Gasteiger partial charge < -0.3 is 14.6 Å². The number of hydrogen-bond acceptors (Lipinski definition) is 4. The fourth-order valence-corrected chi connectivity index (χ4v) is 2.38. The number of phenolic OH excluding ortho intramolecular Hbond substituents is 2. The molecule has 0 radical (unpaired) electrons. The number of benzene rings is 2. The van der Waals surface area contributed by atoms with Crippen LogP contribution in [0.3, 0.4) is 0 Å². The van der Waals surface area contributed by atoms with E-state index in [1.165, 1.54) is 0 Å². The molecular weight excluding hydrogens is 254 g/mol. The minimum absolute atomic E-state index is 0.121. The maximum Gasteiger partial charge on any atom is 0.200 e. The van der Waals surface area contributed by atoms with Crippen LogP contribution in [-0.4, -0.2) is 15.2 Å². The molecule has 0 aliphatic rings. The Morgan fingerprint density at radius 3 is 2.45 bits per heavy atom. The first-order valence-electron chi connectivity index (χ1n) is 6.41. The smallest absolute Gasteiger partial charge is 0.200 e. The van der Waals surface area contributed by atoms with Crippen LogP contribution in [-0.2, 0) is 6.42 Å². The second-order valence-corrected chi connectivity index (χ2v) is 4.99. The Morgan fingerprint density at radius 1 is 1.10 bits per heavy atom. The van der Waals surface area contributed by atoms with E-state index in [0.717, 1.165) is 16.7 Å². The predicted octanol–water partition coefficient (Wildman–Crippen LogP) is 3.45. The van der Waals surface area contributed by atoms with Gasteiger partial charge in [0, 0.05) is 6.42 Å². The van der Waals surface area contributed by atoms with Crippen molar-refractivity contribution < 1.29 is 14.6 Å². The number of fused-ring (bicyclic) bond motifs is 1. The number of aromatic nitrogens is 1. The molecule has 2 N–H and O–H groups in total. The van der Waals surface area contributed by atoms with E-state index in [0.29, 0.717) is 29.2 Å². The molecule has 0 bridgehead atoms. The highest BCUT2D eigenvalue weighted by Gasteiger charge is 2.11. The average Bonchev–Trinajstić information content (AvgIpc) is 2.80. The van der Waals surface area contributed by atoms with Crippen molar-refractivity contribution in [2.75, 3.05) is 0 Å². The molecule has 1 heterocycles. The van der Waals surface area contributed by atoms with Crippen LogP contribution in [0.15, 0.2) is 34.7 Å². The Bertz CT molecular complexity index is 767. The van der Waals surface area contributed by atoms with Crippen molar-refractivity contribution in [3.63, 3.8) is 0 Å². The Hall–Kier alpha value is -2.49. The fraction of sp³-hybridized carbons (Fsp3) is 0.188. The molecule has 0 saturated carbocycles. The van der Waals surface area contributed by atoms with Crippen molar-refractivity contribution >= 4 is 11.1 Å². The molecule has 20 heavy (non-hydrogen) atoms. The first-order chi connectivity index (χ1) is 9.54. The Balaban J connectivity index is 1.99. The molecule has 102 valence electrons. The third-order valence-corrected chi connectivity index (χ3v) is 3.35. The molecule has 3 rings (SSSR count). The van der Waals surface area contributed by atoms with Crippen molar-refractivity contribution in [3.8, 4) is 11.5 Å². The average molecular weight is 269 g/mol. The maximum atomic E-state index is 9.78. The van der Waals surface area contributed by atoms with Gasteiger partial charge in [0.1, 0.15) is 11.5 Å². The van der Waals surface area contributed by atoms with Crippen LogP contribution in [0.25, 0.3) is 11.1 Å². The van der Waals surface area contributed by atoms with Crippen LogP contribution >= 0.6 is 0 Å². The number of phenols is 2. The summed E-state index contributed by atoms with van der Waals surface area (Å²) in [7, 11) is 0. The van der Waals surface area contributed by atoms with Crippen molar-refractivity contribution in [1.29, 1.82) is 0 Å². The van der Waals surface area contributed by atoms with E-state index < -0.39 is 0 Å². The maximum absolute atomic E-state index is 9.78. The lowest BCUT2D eigenvalue weighted by Crippen LogP contribution is -1.91. The van der Waals surface area contributed by atoms with Crippen LogP contribution in [0.4, 0.5) is 0 Å². The molecule has 0 spiro atoms. The summed E-state index contributed by atoms with van der Waals surface area (Å²) >= 11 is 0. The molecule has 0 aliphatic heterocycles. The van der Waals surface area contributed by atoms with Gasteiger partial charge in [-0.1, -0.05) is 18.2 Å². The van der Waals surface area contributed by atoms with E-state index in [9.17, 15) is 10.2 Å². The number of oxazole rings is 1. The van der Waals surface area contributed by atoms with E-state index in [1.807, 2.05) is 26.0 Å². The number of rotatable bonds is 2. The summed E-state index contributed by atoms with van der Waals surface area (Å²) in [5.74, 6) is 0.991. The Kier molecular flexibility index (Phi) is 2.86. The summed E-state index contributed by atoms with van der Waals surface area (Å²) in [5, 5.41) is 19.5. The number of para-hydroxylation sites is 1. The van der Waals surface area contributed by atoms with Crippen molar-refractivity contribution in [1.82, 2.24) is 4.98 Å². The molecule has 0 aliphatic carbocycles. The topological polar surface area (TPSA) is 66.5 Å². The van der Waals surface area contributed by atoms with Crippen LogP contribution < -0.4 is 0 Å². The highest BCUT2D eigenvalue weighted by atomic mass is 16.3. The monoisotopic (exact) mass is 269 g/mol.